The standard InChI is InChI=1S/C21H27N3O5S2/c1-15-6-11-19(16(2)21(15)30(3,26)27)22-14-20(25)23-17-7-9-18(10-8-17)31(28,29)24-12-4-5-13-24/h6-11,22H,4-5,12-14H2,1-3H3,(H,23,25). The van der Waals surface area contributed by atoms with Crippen molar-refractivity contribution in [1.82, 2.24) is 4.31 Å². The lowest BCUT2D eigenvalue weighted by Crippen LogP contribution is -2.27. The van der Waals surface area contributed by atoms with Gasteiger partial charge in [-0.2, -0.15) is 4.31 Å². The van der Waals surface area contributed by atoms with Crippen LogP contribution in [0.15, 0.2) is 46.2 Å². The summed E-state index contributed by atoms with van der Waals surface area (Å²) in [7, 11) is -6.88. The Morgan fingerprint density at radius 1 is 0.968 bits per heavy atom. The number of carbonyl (C=O) groups excluding carboxylic acids is 1. The van der Waals surface area contributed by atoms with E-state index < -0.39 is 19.9 Å². The molecule has 3 rings (SSSR count). The van der Waals surface area contributed by atoms with Crippen molar-refractivity contribution in [3.8, 4) is 0 Å². The summed E-state index contributed by atoms with van der Waals surface area (Å²) < 4.78 is 50.7. The highest BCUT2D eigenvalue weighted by Crippen LogP contribution is 2.26. The summed E-state index contributed by atoms with van der Waals surface area (Å²) in [5.41, 5.74) is 2.25. The van der Waals surface area contributed by atoms with Crippen molar-refractivity contribution in [2.75, 3.05) is 36.5 Å². The minimum Gasteiger partial charge on any atom is -0.376 e. The van der Waals surface area contributed by atoms with Gasteiger partial charge in [0.1, 0.15) is 0 Å². The first-order chi connectivity index (χ1) is 14.5. The molecule has 1 fully saturated rings. The molecule has 31 heavy (non-hydrogen) atoms. The number of sulfone groups is 1. The molecule has 0 spiro atoms. The van der Waals surface area contributed by atoms with Crippen molar-refractivity contribution < 1.29 is 21.6 Å². The monoisotopic (exact) mass is 465 g/mol. The van der Waals surface area contributed by atoms with Crippen LogP contribution in [-0.4, -0.2) is 52.9 Å². The third-order valence-electron chi connectivity index (χ3n) is 5.25. The molecule has 0 unspecified atom stereocenters. The van der Waals surface area contributed by atoms with Gasteiger partial charge in [-0.25, -0.2) is 16.8 Å². The van der Waals surface area contributed by atoms with Gasteiger partial charge in [-0.3, -0.25) is 4.79 Å². The minimum atomic E-state index is -3.50. The molecule has 1 aliphatic rings. The van der Waals surface area contributed by atoms with E-state index in [2.05, 4.69) is 10.6 Å². The normalized spacial score (nSPS) is 15.1. The summed E-state index contributed by atoms with van der Waals surface area (Å²) in [6, 6.07) is 9.52. The van der Waals surface area contributed by atoms with E-state index in [0.29, 0.717) is 35.6 Å². The van der Waals surface area contributed by atoms with Crippen LogP contribution >= 0.6 is 0 Å². The van der Waals surface area contributed by atoms with E-state index in [-0.39, 0.29) is 22.2 Å². The molecule has 10 heteroatoms. The number of nitrogens with zero attached hydrogens (tertiary/aromatic N) is 1. The Morgan fingerprint density at radius 2 is 1.58 bits per heavy atom. The molecule has 1 amide bonds. The van der Waals surface area contributed by atoms with Crippen LogP contribution in [0.4, 0.5) is 11.4 Å². The Balaban J connectivity index is 1.64. The molecule has 8 nitrogen and oxygen atoms in total. The average Bonchev–Trinajstić information content (AvgIpc) is 3.22. The summed E-state index contributed by atoms with van der Waals surface area (Å²) in [6.45, 7) is 4.43. The highest BCUT2D eigenvalue weighted by molar-refractivity contribution is 7.90. The summed E-state index contributed by atoms with van der Waals surface area (Å²) in [6.07, 6.45) is 2.89. The smallest absolute Gasteiger partial charge is 0.243 e. The summed E-state index contributed by atoms with van der Waals surface area (Å²) in [5, 5.41) is 5.67. The molecule has 2 aromatic rings. The number of nitrogens with one attached hydrogen (secondary N) is 2. The number of sulfonamides is 1. The van der Waals surface area contributed by atoms with Gasteiger partial charge in [-0.15, -0.1) is 0 Å². The third kappa shape index (κ3) is 5.25. The SMILES string of the molecule is Cc1ccc(NCC(=O)Nc2ccc(S(=O)(=O)N3CCCC3)cc2)c(C)c1S(C)(=O)=O. The zero-order valence-electron chi connectivity index (χ0n) is 17.8. The topological polar surface area (TPSA) is 113 Å². The number of hydrogen-bond acceptors (Lipinski definition) is 6. The van der Waals surface area contributed by atoms with Gasteiger partial charge in [0, 0.05) is 30.7 Å². The van der Waals surface area contributed by atoms with E-state index in [1.54, 1.807) is 38.1 Å². The molecule has 0 radical (unpaired) electrons. The van der Waals surface area contributed by atoms with E-state index in [0.717, 1.165) is 19.1 Å². The van der Waals surface area contributed by atoms with E-state index in [4.69, 9.17) is 0 Å². The fraction of sp³-hybridized carbons (Fsp3) is 0.381. The number of amides is 1. The lowest BCUT2D eigenvalue weighted by molar-refractivity contribution is -0.114. The van der Waals surface area contributed by atoms with Gasteiger partial charge in [0.15, 0.2) is 9.84 Å². The van der Waals surface area contributed by atoms with Crippen molar-refractivity contribution in [3.05, 3.63) is 47.5 Å². The van der Waals surface area contributed by atoms with E-state index in [1.165, 1.54) is 16.4 Å². The maximum Gasteiger partial charge on any atom is 0.243 e. The number of benzene rings is 2. The molecule has 168 valence electrons. The first kappa shape index (κ1) is 23.2. The van der Waals surface area contributed by atoms with E-state index in [9.17, 15) is 21.6 Å². The lowest BCUT2D eigenvalue weighted by atomic mass is 10.1. The average molecular weight is 466 g/mol. The molecule has 0 saturated carbocycles. The Kier molecular flexibility index (Phi) is 6.73. The van der Waals surface area contributed by atoms with Crippen LogP contribution in [0, 0.1) is 13.8 Å². The molecular formula is C21H27N3O5S2. The molecule has 0 aliphatic carbocycles. The molecular weight excluding hydrogens is 438 g/mol. The van der Waals surface area contributed by atoms with Crippen molar-refractivity contribution in [3.63, 3.8) is 0 Å². The molecule has 1 aliphatic heterocycles. The van der Waals surface area contributed by atoms with Gasteiger partial charge in [0.05, 0.1) is 16.3 Å². The van der Waals surface area contributed by atoms with Crippen LogP contribution in [-0.2, 0) is 24.7 Å². The van der Waals surface area contributed by atoms with Crippen LogP contribution in [0.1, 0.15) is 24.0 Å². The zero-order chi connectivity index (χ0) is 22.8. The summed E-state index contributed by atoms with van der Waals surface area (Å²) in [5.74, 6) is -0.337. The maximum atomic E-state index is 12.6. The Hall–Kier alpha value is -2.43. The van der Waals surface area contributed by atoms with Crippen LogP contribution in [0.25, 0.3) is 0 Å². The van der Waals surface area contributed by atoms with Gasteiger partial charge in [-0.1, -0.05) is 6.07 Å². The quantitative estimate of drug-likeness (QED) is 0.650. The molecule has 0 aromatic heterocycles. The predicted octanol–water partition coefficient (Wildman–Crippen LogP) is 2.54. The van der Waals surface area contributed by atoms with Crippen LogP contribution in [0.3, 0.4) is 0 Å². The number of rotatable bonds is 7. The largest absolute Gasteiger partial charge is 0.376 e. The molecule has 2 N–H and O–H groups in total. The molecule has 2 aromatic carbocycles. The lowest BCUT2D eigenvalue weighted by Gasteiger charge is -2.16. The van der Waals surface area contributed by atoms with Crippen molar-refractivity contribution in [2.45, 2.75) is 36.5 Å². The Bertz CT molecular complexity index is 1180. The number of aryl methyl sites for hydroxylation is 1. The maximum absolute atomic E-state index is 12.6. The first-order valence-electron chi connectivity index (χ1n) is 9.94. The Labute approximate surface area is 183 Å². The van der Waals surface area contributed by atoms with Crippen LogP contribution in [0.2, 0.25) is 0 Å². The second-order valence-electron chi connectivity index (χ2n) is 7.69. The van der Waals surface area contributed by atoms with Gasteiger partial charge < -0.3 is 10.6 Å². The van der Waals surface area contributed by atoms with Gasteiger partial charge >= 0.3 is 0 Å². The summed E-state index contributed by atoms with van der Waals surface area (Å²) >= 11 is 0. The van der Waals surface area contributed by atoms with Gasteiger partial charge in [0.2, 0.25) is 15.9 Å². The molecule has 1 heterocycles. The van der Waals surface area contributed by atoms with Crippen molar-refractivity contribution >= 4 is 37.1 Å². The molecule has 0 atom stereocenters. The van der Waals surface area contributed by atoms with E-state index >= 15 is 0 Å². The fourth-order valence-corrected chi connectivity index (χ4v) is 6.59. The van der Waals surface area contributed by atoms with Gasteiger partial charge in [0.25, 0.3) is 0 Å². The zero-order valence-corrected chi connectivity index (χ0v) is 19.4. The number of hydrogen-bond donors (Lipinski definition) is 2. The summed E-state index contributed by atoms with van der Waals surface area (Å²) in [4.78, 5) is 12.8. The minimum absolute atomic E-state index is 0.0685. The fourth-order valence-electron chi connectivity index (χ4n) is 3.76. The second-order valence-corrected chi connectivity index (χ2v) is 11.6. The highest BCUT2D eigenvalue weighted by atomic mass is 32.2. The third-order valence-corrected chi connectivity index (χ3v) is 8.54. The van der Waals surface area contributed by atoms with Crippen LogP contribution in [0.5, 0.6) is 0 Å². The van der Waals surface area contributed by atoms with Crippen molar-refractivity contribution in [2.24, 2.45) is 0 Å². The number of anilines is 2. The number of carbonyl (C=O) groups is 1. The van der Waals surface area contributed by atoms with E-state index in [1.807, 2.05) is 0 Å². The molecule has 1 saturated heterocycles. The Morgan fingerprint density at radius 3 is 2.16 bits per heavy atom. The van der Waals surface area contributed by atoms with Crippen molar-refractivity contribution in [1.29, 1.82) is 0 Å². The van der Waals surface area contributed by atoms with Crippen LogP contribution < -0.4 is 10.6 Å². The van der Waals surface area contributed by atoms with Gasteiger partial charge in [-0.05, 0) is 68.1 Å². The second kappa shape index (κ2) is 8.97. The predicted molar refractivity (Wildman–Crippen MR) is 121 cm³/mol. The highest BCUT2D eigenvalue weighted by Gasteiger charge is 2.27. The first-order valence-corrected chi connectivity index (χ1v) is 13.3. The molecule has 0 bridgehead atoms.